The van der Waals surface area contributed by atoms with Crippen LogP contribution in [0, 0.1) is 0 Å². The quantitative estimate of drug-likeness (QED) is 0.905. The lowest BCUT2D eigenvalue weighted by Crippen LogP contribution is -2.24. The van der Waals surface area contributed by atoms with Gasteiger partial charge in [-0.25, -0.2) is 0 Å². The Morgan fingerprint density at radius 3 is 2.82 bits per heavy atom. The predicted octanol–water partition coefficient (Wildman–Crippen LogP) is 3.43. The number of rotatable bonds is 5. The van der Waals surface area contributed by atoms with Crippen molar-refractivity contribution in [2.75, 3.05) is 22.5 Å². The summed E-state index contributed by atoms with van der Waals surface area (Å²) in [6, 6.07) is 7.58. The van der Waals surface area contributed by atoms with Gasteiger partial charge in [0.25, 0.3) is 0 Å². The number of carbonyl (C=O) groups is 2. The molecule has 1 saturated heterocycles. The molecule has 1 N–H and O–H groups in total. The van der Waals surface area contributed by atoms with E-state index < -0.39 is 0 Å². The third-order valence-electron chi connectivity index (χ3n) is 4.27. The molecule has 0 aromatic heterocycles. The van der Waals surface area contributed by atoms with Gasteiger partial charge >= 0.3 is 0 Å². The van der Waals surface area contributed by atoms with Gasteiger partial charge in [-0.15, -0.1) is 11.8 Å². The Hall–Kier alpha value is -1.49. The summed E-state index contributed by atoms with van der Waals surface area (Å²) in [6.45, 7) is 0.772. The maximum absolute atomic E-state index is 12.1. The van der Waals surface area contributed by atoms with Gasteiger partial charge in [0.2, 0.25) is 11.8 Å². The van der Waals surface area contributed by atoms with Gasteiger partial charge in [0.05, 0.1) is 5.75 Å². The molecular formula is C17H22N2O2S. The molecule has 1 aliphatic heterocycles. The third-order valence-corrected chi connectivity index (χ3v) is 5.64. The average molecular weight is 318 g/mol. The Bertz CT molecular complexity index is 555. The molecular weight excluding hydrogens is 296 g/mol. The maximum atomic E-state index is 12.1. The number of anilines is 2. The van der Waals surface area contributed by atoms with E-state index in [0.29, 0.717) is 17.4 Å². The first-order valence-electron chi connectivity index (χ1n) is 8.04. The number of hydrogen-bond donors (Lipinski definition) is 1. The van der Waals surface area contributed by atoms with Crippen LogP contribution in [0.5, 0.6) is 0 Å². The first-order valence-corrected chi connectivity index (χ1v) is 9.09. The zero-order valence-electron chi connectivity index (χ0n) is 12.7. The molecule has 1 aromatic carbocycles. The van der Waals surface area contributed by atoms with Crippen LogP contribution in [0.2, 0.25) is 0 Å². The Labute approximate surface area is 135 Å². The number of nitrogens with one attached hydrogen (secondary N) is 1. The topological polar surface area (TPSA) is 49.4 Å². The normalized spacial score (nSPS) is 18.9. The first-order chi connectivity index (χ1) is 10.7. The summed E-state index contributed by atoms with van der Waals surface area (Å²) in [5.74, 6) is 0.722. The van der Waals surface area contributed by atoms with Gasteiger partial charge in [0, 0.05) is 29.6 Å². The number of carbonyl (C=O) groups excluding carboxylic acids is 2. The summed E-state index contributed by atoms with van der Waals surface area (Å²) in [5.41, 5.74) is 1.65. The Balaban J connectivity index is 1.55. The molecule has 1 aliphatic carbocycles. The van der Waals surface area contributed by atoms with Crippen molar-refractivity contribution >= 4 is 35.0 Å². The van der Waals surface area contributed by atoms with E-state index in [9.17, 15) is 9.59 Å². The number of thioether (sulfide) groups is 1. The molecule has 3 rings (SSSR count). The van der Waals surface area contributed by atoms with Gasteiger partial charge in [-0.3, -0.25) is 9.59 Å². The lowest BCUT2D eigenvalue weighted by Gasteiger charge is -2.17. The lowest BCUT2D eigenvalue weighted by molar-refractivity contribution is -0.117. The monoisotopic (exact) mass is 318 g/mol. The molecule has 1 heterocycles. The van der Waals surface area contributed by atoms with Crippen molar-refractivity contribution in [1.82, 2.24) is 0 Å². The van der Waals surface area contributed by atoms with Gasteiger partial charge in [-0.1, -0.05) is 18.9 Å². The van der Waals surface area contributed by atoms with Gasteiger partial charge in [0.15, 0.2) is 0 Å². The largest absolute Gasteiger partial charge is 0.325 e. The van der Waals surface area contributed by atoms with Crippen LogP contribution in [0.4, 0.5) is 11.4 Å². The van der Waals surface area contributed by atoms with E-state index in [0.717, 1.165) is 24.3 Å². The molecule has 2 aliphatic rings. The molecule has 5 heteroatoms. The Morgan fingerprint density at radius 1 is 1.27 bits per heavy atom. The summed E-state index contributed by atoms with van der Waals surface area (Å²) in [5, 5.41) is 3.60. The molecule has 0 spiro atoms. The van der Waals surface area contributed by atoms with E-state index in [1.807, 2.05) is 24.3 Å². The van der Waals surface area contributed by atoms with Crippen molar-refractivity contribution in [1.29, 1.82) is 0 Å². The summed E-state index contributed by atoms with van der Waals surface area (Å²) in [7, 11) is 0. The zero-order chi connectivity index (χ0) is 15.4. The molecule has 2 amide bonds. The van der Waals surface area contributed by atoms with E-state index >= 15 is 0 Å². The van der Waals surface area contributed by atoms with Crippen LogP contribution >= 0.6 is 11.8 Å². The molecule has 1 saturated carbocycles. The van der Waals surface area contributed by atoms with E-state index in [-0.39, 0.29) is 11.8 Å². The van der Waals surface area contributed by atoms with Crippen molar-refractivity contribution in [3.05, 3.63) is 24.3 Å². The highest BCUT2D eigenvalue weighted by molar-refractivity contribution is 8.00. The minimum absolute atomic E-state index is 0.0433. The molecule has 118 valence electrons. The van der Waals surface area contributed by atoms with Gasteiger partial charge < -0.3 is 10.2 Å². The van der Waals surface area contributed by atoms with Crippen molar-refractivity contribution in [3.8, 4) is 0 Å². The summed E-state index contributed by atoms with van der Waals surface area (Å²) in [6.07, 6.45) is 6.60. The van der Waals surface area contributed by atoms with Crippen LogP contribution in [0.25, 0.3) is 0 Å². The number of amides is 2. The standard InChI is InChI=1S/C17H22N2O2S/c20-16(12-22-15-7-1-2-8-15)18-13-5-3-6-14(11-13)19-10-4-9-17(19)21/h3,5-6,11,15H,1-2,4,7-10,12H2,(H,18,20). The van der Waals surface area contributed by atoms with Crippen LogP contribution in [0.3, 0.4) is 0 Å². The van der Waals surface area contributed by atoms with Crippen LogP contribution in [-0.4, -0.2) is 29.4 Å². The molecule has 0 radical (unpaired) electrons. The van der Waals surface area contributed by atoms with Crippen LogP contribution < -0.4 is 10.2 Å². The molecule has 0 unspecified atom stereocenters. The predicted molar refractivity (Wildman–Crippen MR) is 91.4 cm³/mol. The summed E-state index contributed by atoms with van der Waals surface area (Å²) in [4.78, 5) is 25.6. The highest BCUT2D eigenvalue weighted by Crippen LogP contribution is 2.29. The van der Waals surface area contributed by atoms with Crippen LogP contribution in [0.1, 0.15) is 38.5 Å². The van der Waals surface area contributed by atoms with E-state index in [4.69, 9.17) is 0 Å². The van der Waals surface area contributed by atoms with Crippen LogP contribution in [0.15, 0.2) is 24.3 Å². The SMILES string of the molecule is O=C(CSC1CCCC1)Nc1cccc(N2CCCC2=O)c1. The summed E-state index contributed by atoms with van der Waals surface area (Å²) < 4.78 is 0. The fraction of sp³-hybridized carbons (Fsp3) is 0.529. The Morgan fingerprint density at radius 2 is 2.09 bits per heavy atom. The highest BCUT2D eigenvalue weighted by Gasteiger charge is 2.22. The molecule has 0 bridgehead atoms. The number of hydrogen-bond acceptors (Lipinski definition) is 3. The van der Waals surface area contributed by atoms with Crippen molar-refractivity contribution in [2.45, 2.75) is 43.8 Å². The second-order valence-electron chi connectivity index (χ2n) is 5.96. The molecule has 1 aromatic rings. The molecule has 4 nitrogen and oxygen atoms in total. The van der Waals surface area contributed by atoms with E-state index in [1.165, 1.54) is 25.7 Å². The fourth-order valence-corrected chi connectivity index (χ4v) is 4.24. The highest BCUT2D eigenvalue weighted by atomic mass is 32.2. The third kappa shape index (κ3) is 3.83. The second-order valence-corrected chi connectivity index (χ2v) is 7.25. The minimum atomic E-state index is 0.0433. The first kappa shape index (κ1) is 15.4. The fourth-order valence-electron chi connectivity index (χ4n) is 3.12. The van der Waals surface area contributed by atoms with Crippen molar-refractivity contribution in [2.24, 2.45) is 0 Å². The van der Waals surface area contributed by atoms with E-state index in [2.05, 4.69) is 5.32 Å². The number of benzene rings is 1. The van der Waals surface area contributed by atoms with Crippen molar-refractivity contribution < 1.29 is 9.59 Å². The van der Waals surface area contributed by atoms with Gasteiger partial charge in [0.1, 0.15) is 0 Å². The van der Waals surface area contributed by atoms with Gasteiger partial charge in [-0.05, 0) is 37.5 Å². The van der Waals surface area contributed by atoms with E-state index in [1.54, 1.807) is 16.7 Å². The molecule has 2 fully saturated rings. The average Bonchev–Trinajstić information content (AvgIpc) is 3.16. The maximum Gasteiger partial charge on any atom is 0.234 e. The van der Waals surface area contributed by atoms with Crippen LogP contribution in [-0.2, 0) is 9.59 Å². The molecule has 0 atom stereocenters. The lowest BCUT2D eigenvalue weighted by atomic mass is 10.2. The minimum Gasteiger partial charge on any atom is -0.325 e. The van der Waals surface area contributed by atoms with Gasteiger partial charge in [-0.2, -0.15) is 0 Å². The number of nitrogens with zero attached hydrogens (tertiary/aromatic N) is 1. The Kier molecular flexibility index (Phi) is 5.03. The second kappa shape index (κ2) is 7.18. The molecule has 22 heavy (non-hydrogen) atoms. The zero-order valence-corrected chi connectivity index (χ0v) is 13.5. The van der Waals surface area contributed by atoms with Crippen molar-refractivity contribution in [3.63, 3.8) is 0 Å². The summed E-state index contributed by atoms with van der Waals surface area (Å²) >= 11 is 1.76. The smallest absolute Gasteiger partial charge is 0.234 e.